The van der Waals surface area contributed by atoms with Crippen LogP contribution in [0.25, 0.3) is 16.9 Å². The lowest BCUT2D eigenvalue weighted by Crippen LogP contribution is -2.23. The van der Waals surface area contributed by atoms with Crippen LogP contribution in [0.2, 0.25) is 5.02 Å². The van der Waals surface area contributed by atoms with Gasteiger partial charge in [0.05, 0.1) is 17.3 Å². The number of nitrogens with one attached hydrogen (secondary N) is 2. The second-order valence-electron chi connectivity index (χ2n) is 7.12. The fourth-order valence-electron chi connectivity index (χ4n) is 3.15. The van der Waals surface area contributed by atoms with Gasteiger partial charge in [-0.3, -0.25) is 18.7 Å². The molecule has 0 radical (unpaired) electrons. The van der Waals surface area contributed by atoms with Gasteiger partial charge in [-0.15, -0.1) is 0 Å². The quantitative estimate of drug-likeness (QED) is 0.514. The highest BCUT2D eigenvalue weighted by atomic mass is 35.5. The Hall–Kier alpha value is -3.39. The number of carbonyl (C=O) groups is 1. The van der Waals surface area contributed by atoms with Crippen LogP contribution in [0.4, 0.5) is 0 Å². The van der Waals surface area contributed by atoms with E-state index >= 15 is 0 Å². The first kappa shape index (κ1) is 19.9. The number of nitrogens with zero attached hydrogens (tertiary/aromatic N) is 4. The maximum Gasteiger partial charge on any atom is 0.292 e. The molecular weight excluding hydrogens is 404 g/mol. The fraction of sp³-hybridized carbons (Fsp3) is 0.238. The van der Waals surface area contributed by atoms with Gasteiger partial charge < -0.3 is 10.3 Å². The van der Waals surface area contributed by atoms with E-state index in [1.165, 1.54) is 11.8 Å². The monoisotopic (exact) mass is 424 g/mol. The average molecular weight is 425 g/mol. The molecule has 0 aliphatic heterocycles. The molecule has 8 nitrogen and oxygen atoms in total. The van der Waals surface area contributed by atoms with Gasteiger partial charge in [-0.1, -0.05) is 23.7 Å². The summed E-state index contributed by atoms with van der Waals surface area (Å²) in [5.74, 6) is -0.409. The van der Waals surface area contributed by atoms with Crippen LogP contribution in [0.15, 0.2) is 41.6 Å². The molecule has 0 fully saturated rings. The summed E-state index contributed by atoms with van der Waals surface area (Å²) < 4.78 is 3.26. The van der Waals surface area contributed by atoms with Gasteiger partial charge in [-0.05, 0) is 43.5 Å². The Morgan fingerprint density at radius 2 is 2.00 bits per heavy atom. The molecule has 0 spiro atoms. The number of imidazole rings is 1. The number of hydrogen-bond donors (Lipinski definition) is 2. The lowest BCUT2D eigenvalue weighted by molar-refractivity contribution is 0.0946. The Kier molecular flexibility index (Phi) is 5.17. The van der Waals surface area contributed by atoms with Gasteiger partial charge in [0.15, 0.2) is 0 Å². The molecule has 0 unspecified atom stereocenters. The van der Waals surface area contributed by atoms with Gasteiger partial charge in [0.25, 0.3) is 11.5 Å². The highest BCUT2D eigenvalue weighted by molar-refractivity contribution is 6.31. The topological polar surface area (TPSA) is 97.1 Å². The third kappa shape index (κ3) is 3.73. The zero-order chi connectivity index (χ0) is 21.4. The van der Waals surface area contributed by atoms with E-state index in [9.17, 15) is 9.59 Å². The van der Waals surface area contributed by atoms with Crippen molar-refractivity contribution in [3.63, 3.8) is 0 Å². The van der Waals surface area contributed by atoms with Crippen LogP contribution in [0.3, 0.4) is 0 Å². The standard InChI is InChI=1S/C21H21ClN6O2/c1-4-28-9-15(22)16(26-28)8-23-20(29)18-11-27-10-17(25-21(30)19(27)24-18)14-6-5-12(2)13(3)7-14/h5-7,9-11H,4,8H2,1-3H3,(H,23,29)(H,25,30). The lowest BCUT2D eigenvalue weighted by atomic mass is 10.0. The van der Waals surface area contributed by atoms with Crippen LogP contribution in [0.1, 0.15) is 34.2 Å². The Morgan fingerprint density at radius 3 is 2.70 bits per heavy atom. The second kappa shape index (κ2) is 7.79. The number of H-pyrrole nitrogens is 1. The van der Waals surface area contributed by atoms with Crippen molar-refractivity contribution in [3.8, 4) is 11.3 Å². The summed E-state index contributed by atoms with van der Waals surface area (Å²) in [6.45, 7) is 6.86. The highest BCUT2D eigenvalue weighted by Gasteiger charge is 2.15. The zero-order valence-electron chi connectivity index (χ0n) is 16.9. The van der Waals surface area contributed by atoms with Gasteiger partial charge in [-0.25, -0.2) is 4.98 Å². The smallest absolute Gasteiger partial charge is 0.292 e. The van der Waals surface area contributed by atoms with E-state index in [1.54, 1.807) is 21.5 Å². The molecule has 30 heavy (non-hydrogen) atoms. The number of hydrogen-bond acceptors (Lipinski definition) is 4. The van der Waals surface area contributed by atoms with Crippen LogP contribution in [0.5, 0.6) is 0 Å². The van der Waals surface area contributed by atoms with Crippen LogP contribution in [0, 0.1) is 13.8 Å². The van der Waals surface area contributed by atoms with Gasteiger partial charge in [0, 0.05) is 25.1 Å². The number of halogens is 1. The van der Waals surface area contributed by atoms with E-state index in [1.807, 2.05) is 39.0 Å². The van der Waals surface area contributed by atoms with E-state index < -0.39 is 5.91 Å². The molecule has 1 amide bonds. The summed E-state index contributed by atoms with van der Waals surface area (Å²) in [4.78, 5) is 32.1. The van der Waals surface area contributed by atoms with Crippen molar-refractivity contribution in [2.24, 2.45) is 0 Å². The molecule has 9 heteroatoms. The molecule has 154 valence electrons. The number of carbonyl (C=O) groups excluding carboxylic acids is 1. The van der Waals surface area contributed by atoms with Crippen molar-refractivity contribution < 1.29 is 4.79 Å². The largest absolute Gasteiger partial charge is 0.345 e. The SMILES string of the molecule is CCn1cc(Cl)c(CNC(=O)c2cn3cc(-c4ccc(C)c(C)c4)[nH]c(=O)c3n2)n1. The molecule has 2 N–H and O–H groups in total. The van der Waals surface area contributed by atoms with E-state index in [0.29, 0.717) is 23.0 Å². The Morgan fingerprint density at radius 1 is 1.20 bits per heavy atom. The zero-order valence-corrected chi connectivity index (χ0v) is 17.6. The fourth-order valence-corrected chi connectivity index (χ4v) is 3.37. The minimum Gasteiger partial charge on any atom is -0.345 e. The third-order valence-electron chi connectivity index (χ3n) is 5.03. The summed E-state index contributed by atoms with van der Waals surface area (Å²) in [5, 5.41) is 7.53. The van der Waals surface area contributed by atoms with Crippen LogP contribution in [-0.2, 0) is 13.1 Å². The predicted molar refractivity (Wildman–Crippen MR) is 115 cm³/mol. The van der Waals surface area contributed by atoms with Gasteiger partial charge in [0.1, 0.15) is 11.4 Å². The molecule has 0 saturated carbocycles. The van der Waals surface area contributed by atoms with E-state index in [4.69, 9.17) is 11.6 Å². The van der Waals surface area contributed by atoms with Crippen LogP contribution >= 0.6 is 11.6 Å². The molecule has 0 bridgehead atoms. The summed E-state index contributed by atoms with van der Waals surface area (Å²) in [5.41, 5.74) is 4.34. The van der Waals surface area contributed by atoms with Crippen molar-refractivity contribution in [1.29, 1.82) is 0 Å². The van der Waals surface area contributed by atoms with Gasteiger partial charge in [0.2, 0.25) is 5.65 Å². The summed E-state index contributed by atoms with van der Waals surface area (Å²) in [6, 6.07) is 5.96. The Bertz CT molecular complexity index is 1320. The molecule has 4 aromatic rings. The molecule has 0 atom stereocenters. The first-order chi connectivity index (χ1) is 14.4. The molecular formula is C21H21ClN6O2. The Balaban J connectivity index is 1.60. The van der Waals surface area contributed by atoms with Crippen molar-refractivity contribution in [3.05, 3.63) is 74.7 Å². The molecule has 3 heterocycles. The minimum atomic E-state index is -0.409. The number of amides is 1. The lowest BCUT2D eigenvalue weighted by Gasteiger charge is -2.06. The van der Waals surface area contributed by atoms with Gasteiger partial charge >= 0.3 is 0 Å². The maximum absolute atomic E-state index is 12.5. The first-order valence-corrected chi connectivity index (χ1v) is 9.93. The summed E-state index contributed by atoms with van der Waals surface area (Å²) >= 11 is 6.13. The number of aryl methyl sites for hydroxylation is 3. The highest BCUT2D eigenvalue weighted by Crippen LogP contribution is 2.20. The second-order valence-corrected chi connectivity index (χ2v) is 7.52. The first-order valence-electron chi connectivity index (χ1n) is 9.55. The maximum atomic E-state index is 12.5. The number of aromatic amines is 1. The summed E-state index contributed by atoms with van der Waals surface area (Å²) in [6.07, 6.45) is 5.00. The third-order valence-corrected chi connectivity index (χ3v) is 5.35. The molecule has 0 aliphatic carbocycles. The summed E-state index contributed by atoms with van der Waals surface area (Å²) in [7, 11) is 0. The minimum absolute atomic E-state index is 0.142. The van der Waals surface area contributed by atoms with Crippen molar-refractivity contribution in [2.75, 3.05) is 0 Å². The molecule has 3 aromatic heterocycles. The van der Waals surface area contributed by atoms with E-state index in [2.05, 4.69) is 20.4 Å². The average Bonchev–Trinajstić information content (AvgIpc) is 3.32. The number of benzene rings is 1. The molecule has 0 aliphatic rings. The molecule has 4 rings (SSSR count). The van der Waals surface area contributed by atoms with E-state index in [-0.39, 0.29) is 23.4 Å². The Labute approximate surface area is 177 Å². The van der Waals surface area contributed by atoms with Crippen molar-refractivity contribution in [2.45, 2.75) is 33.9 Å². The predicted octanol–water partition coefficient (Wildman–Crippen LogP) is 3.11. The van der Waals surface area contributed by atoms with Crippen molar-refractivity contribution >= 4 is 23.2 Å². The van der Waals surface area contributed by atoms with Crippen LogP contribution in [-0.4, -0.2) is 30.1 Å². The molecule has 1 aromatic carbocycles. The number of rotatable bonds is 5. The number of aromatic nitrogens is 5. The van der Waals surface area contributed by atoms with Crippen molar-refractivity contribution in [1.82, 2.24) is 29.5 Å². The van der Waals surface area contributed by atoms with E-state index in [0.717, 1.165) is 11.1 Å². The van der Waals surface area contributed by atoms with Gasteiger partial charge in [-0.2, -0.15) is 5.10 Å². The van der Waals surface area contributed by atoms with Crippen LogP contribution < -0.4 is 10.9 Å². The normalized spacial score (nSPS) is 11.2. The number of fused-ring (bicyclic) bond motifs is 1. The molecule has 0 saturated heterocycles.